The molecule has 2 aromatic heterocycles. The van der Waals surface area contributed by atoms with Crippen LogP contribution < -0.4 is 10.5 Å². The molecule has 0 fully saturated rings. The van der Waals surface area contributed by atoms with Gasteiger partial charge in [0.25, 0.3) is 0 Å². The molecule has 2 N–H and O–H groups in total. The summed E-state index contributed by atoms with van der Waals surface area (Å²) in [6.45, 7) is 5.17. The monoisotopic (exact) mass is 444 g/mol. The number of aromatic nitrogens is 3. The van der Waals surface area contributed by atoms with Crippen molar-refractivity contribution in [2.45, 2.75) is 32.7 Å². The first-order valence-corrected chi connectivity index (χ1v) is 9.59. The van der Waals surface area contributed by atoms with Crippen LogP contribution in [0.4, 0.5) is 19.0 Å². The number of anilines is 1. The Labute approximate surface area is 180 Å². The second kappa shape index (κ2) is 7.40. The van der Waals surface area contributed by atoms with Crippen molar-refractivity contribution in [1.82, 2.24) is 14.5 Å². The van der Waals surface area contributed by atoms with Crippen molar-refractivity contribution in [3.8, 4) is 11.4 Å². The minimum Gasteiger partial charge on any atom is -0.456 e. The molecule has 166 valence electrons. The van der Waals surface area contributed by atoms with E-state index in [4.69, 9.17) is 10.5 Å². The predicted octanol–water partition coefficient (Wildman–Crippen LogP) is 5.01. The molecule has 0 aliphatic carbocycles. The van der Waals surface area contributed by atoms with Crippen LogP contribution in [0, 0.1) is 0 Å². The zero-order valence-electron chi connectivity index (χ0n) is 17.4. The highest BCUT2D eigenvalue weighted by Crippen LogP contribution is 2.33. The SMILES string of the molecule is CC(C)(C)OC(=O)c1c(N)n(-c2ccc(OC(F)(F)F)cc2)c2nc3ccccc3nc12. The zero-order chi connectivity index (χ0) is 23.3. The molecule has 0 spiro atoms. The average Bonchev–Trinajstić information content (AvgIpc) is 2.95. The van der Waals surface area contributed by atoms with Crippen LogP contribution in [0.1, 0.15) is 31.1 Å². The summed E-state index contributed by atoms with van der Waals surface area (Å²) in [5.41, 5.74) is 7.58. The van der Waals surface area contributed by atoms with Crippen LogP contribution in [-0.2, 0) is 4.74 Å². The molecule has 0 aliphatic heterocycles. The number of alkyl halides is 3. The number of carbonyl (C=O) groups is 1. The lowest BCUT2D eigenvalue weighted by Gasteiger charge is -2.19. The molecule has 0 bridgehead atoms. The maximum atomic E-state index is 13.0. The highest BCUT2D eigenvalue weighted by atomic mass is 19.4. The van der Waals surface area contributed by atoms with Crippen LogP contribution in [0.3, 0.4) is 0 Å². The van der Waals surface area contributed by atoms with Crippen LogP contribution in [0.15, 0.2) is 48.5 Å². The number of nitrogens with zero attached hydrogens (tertiary/aromatic N) is 3. The molecule has 4 rings (SSSR count). The topological polar surface area (TPSA) is 92.3 Å². The van der Waals surface area contributed by atoms with Crippen molar-refractivity contribution in [2.75, 3.05) is 5.73 Å². The Hall–Kier alpha value is -3.82. The van der Waals surface area contributed by atoms with E-state index in [2.05, 4.69) is 14.7 Å². The molecule has 7 nitrogen and oxygen atoms in total. The molecule has 0 amide bonds. The smallest absolute Gasteiger partial charge is 0.456 e. The summed E-state index contributed by atoms with van der Waals surface area (Å²) < 4.78 is 48.4. The summed E-state index contributed by atoms with van der Waals surface area (Å²) in [6.07, 6.45) is -4.81. The number of halogens is 3. The average molecular weight is 444 g/mol. The van der Waals surface area contributed by atoms with Crippen LogP contribution in [-0.4, -0.2) is 32.5 Å². The Bertz CT molecular complexity index is 1320. The number of nitrogens with two attached hydrogens (primary N) is 1. The van der Waals surface area contributed by atoms with Gasteiger partial charge in [0.2, 0.25) is 0 Å². The number of esters is 1. The van der Waals surface area contributed by atoms with Gasteiger partial charge in [0.05, 0.1) is 11.0 Å². The number of fused-ring (bicyclic) bond motifs is 2. The Balaban J connectivity index is 1.93. The molecule has 0 saturated carbocycles. The van der Waals surface area contributed by atoms with E-state index >= 15 is 0 Å². The number of hydrogen-bond donors (Lipinski definition) is 1. The van der Waals surface area contributed by atoms with E-state index in [1.807, 2.05) is 0 Å². The van der Waals surface area contributed by atoms with Gasteiger partial charge in [-0.3, -0.25) is 4.57 Å². The lowest BCUT2D eigenvalue weighted by Crippen LogP contribution is -2.24. The number of rotatable bonds is 3. The zero-order valence-corrected chi connectivity index (χ0v) is 17.4. The molecular weight excluding hydrogens is 425 g/mol. The maximum absolute atomic E-state index is 13.0. The molecule has 32 heavy (non-hydrogen) atoms. The van der Waals surface area contributed by atoms with Gasteiger partial charge in [0.1, 0.15) is 28.2 Å². The first-order chi connectivity index (χ1) is 14.9. The van der Waals surface area contributed by atoms with Crippen molar-refractivity contribution >= 4 is 34.0 Å². The molecule has 2 heterocycles. The second-order valence-electron chi connectivity index (χ2n) is 8.02. The van der Waals surface area contributed by atoms with E-state index in [9.17, 15) is 18.0 Å². The summed E-state index contributed by atoms with van der Waals surface area (Å²) in [5, 5.41) is 0. The molecule has 0 atom stereocenters. The van der Waals surface area contributed by atoms with Gasteiger partial charge >= 0.3 is 12.3 Å². The summed E-state index contributed by atoms with van der Waals surface area (Å²) >= 11 is 0. The van der Waals surface area contributed by atoms with Gasteiger partial charge in [0.15, 0.2) is 5.65 Å². The van der Waals surface area contributed by atoms with E-state index in [1.165, 1.54) is 16.7 Å². The van der Waals surface area contributed by atoms with Crippen molar-refractivity contribution in [2.24, 2.45) is 0 Å². The second-order valence-corrected chi connectivity index (χ2v) is 8.02. The Morgan fingerprint density at radius 2 is 1.56 bits per heavy atom. The van der Waals surface area contributed by atoms with Gasteiger partial charge in [-0.15, -0.1) is 13.2 Å². The van der Waals surface area contributed by atoms with Crippen LogP contribution in [0.2, 0.25) is 0 Å². The van der Waals surface area contributed by atoms with Crippen LogP contribution >= 0.6 is 0 Å². The quantitative estimate of drug-likeness (QED) is 0.447. The predicted molar refractivity (Wildman–Crippen MR) is 113 cm³/mol. The minimum absolute atomic E-state index is 0.00838. The number of nitrogen functional groups attached to an aromatic ring is 1. The van der Waals surface area contributed by atoms with E-state index in [-0.39, 0.29) is 28.3 Å². The van der Waals surface area contributed by atoms with Crippen molar-refractivity contribution in [1.29, 1.82) is 0 Å². The first kappa shape index (κ1) is 21.4. The Morgan fingerprint density at radius 1 is 0.969 bits per heavy atom. The number of benzene rings is 2. The minimum atomic E-state index is -4.81. The first-order valence-electron chi connectivity index (χ1n) is 9.59. The number of carbonyl (C=O) groups excluding carboxylic acids is 1. The third kappa shape index (κ3) is 4.16. The van der Waals surface area contributed by atoms with Gasteiger partial charge in [-0.2, -0.15) is 0 Å². The lowest BCUT2D eigenvalue weighted by molar-refractivity contribution is -0.274. The van der Waals surface area contributed by atoms with E-state index < -0.39 is 17.9 Å². The summed E-state index contributed by atoms with van der Waals surface area (Å²) in [4.78, 5) is 22.1. The van der Waals surface area contributed by atoms with Crippen molar-refractivity contribution in [3.05, 3.63) is 54.1 Å². The van der Waals surface area contributed by atoms with Crippen LogP contribution in [0.25, 0.3) is 27.9 Å². The highest BCUT2D eigenvalue weighted by Gasteiger charge is 2.31. The van der Waals surface area contributed by atoms with Crippen molar-refractivity contribution < 1.29 is 27.4 Å². The van der Waals surface area contributed by atoms with Gasteiger partial charge in [0, 0.05) is 5.69 Å². The summed E-state index contributed by atoms with van der Waals surface area (Å²) in [5.74, 6) is -1.06. The van der Waals surface area contributed by atoms with Crippen molar-refractivity contribution in [3.63, 3.8) is 0 Å². The normalized spacial score (nSPS) is 12.3. The number of hydrogen-bond acceptors (Lipinski definition) is 6. The fourth-order valence-corrected chi connectivity index (χ4v) is 3.25. The molecule has 0 unspecified atom stereocenters. The lowest BCUT2D eigenvalue weighted by atomic mass is 10.2. The maximum Gasteiger partial charge on any atom is 0.573 e. The fourth-order valence-electron chi connectivity index (χ4n) is 3.25. The van der Waals surface area contributed by atoms with E-state index in [0.29, 0.717) is 16.7 Å². The molecule has 10 heteroatoms. The Kier molecular flexibility index (Phi) is 4.95. The molecule has 4 aromatic rings. The molecule has 0 saturated heterocycles. The number of para-hydroxylation sites is 2. The third-order valence-corrected chi connectivity index (χ3v) is 4.43. The third-order valence-electron chi connectivity index (χ3n) is 4.43. The highest BCUT2D eigenvalue weighted by molar-refractivity contribution is 6.09. The number of ether oxygens (including phenoxy) is 2. The van der Waals surface area contributed by atoms with Gasteiger partial charge in [-0.1, -0.05) is 12.1 Å². The van der Waals surface area contributed by atoms with Crippen LogP contribution in [0.5, 0.6) is 5.75 Å². The Morgan fingerprint density at radius 3 is 2.12 bits per heavy atom. The summed E-state index contributed by atoms with van der Waals surface area (Å²) in [6, 6.07) is 12.1. The standard InChI is InChI=1S/C22H19F3N4O3/c1-21(2,3)32-20(30)16-17-19(28-15-7-5-4-6-14(15)27-17)29(18(16)26)12-8-10-13(11-9-12)31-22(23,24)25/h4-11H,26H2,1-3H3. The molecular formula is C22H19F3N4O3. The molecule has 0 aliphatic rings. The van der Waals surface area contributed by atoms with Gasteiger partial charge in [-0.05, 0) is 57.2 Å². The fraction of sp³-hybridized carbons (Fsp3) is 0.227. The van der Waals surface area contributed by atoms with Gasteiger partial charge in [-0.25, -0.2) is 14.8 Å². The summed E-state index contributed by atoms with van der Waals surface area (Å²) in [7, 11) is 0. The van der Waals surface area contributed by atoms with E-state index in [0.717, 1.165) is 12.1 Å². The van der Waals surface area contributed by atoms with E-state index in [1.54, 1.807) is 45.0 Å². The molecule has 0 radical (unpaired) electrons. The largest absolute Gasteiger partial charge is 0.573 e. The van der Waals surface area contributed by atoms with Gasteiger partial charge < -0.3 is 15.2 Å². The molecule has 2 aromatic carbocycles.